The van der Waals surface area contributed by atoms with Gasteiger partial charge in [-0.2, -0.15) is 0 Å². The van der Waals surface area contributed by atoms with E-state index in [1.54, 1.807) is 50.2 Å². The highest BCUT2D eigenvalue weighted by atomic mass is 19.1. The molecule has 22 nitrogen and oxygen atoms in total. The molecule has 416 valence electrons. The van der Waals surface area contributed by atoms with Crippen molar-refractivity contribution in [1.29, 1.82) is 0 Å². The van der Waals surface area contributed by atoms with E-state index in [9.17, 15) is 53.1 Å². The Morgan fingerprint density at radius 1 is 0.873 bits per heavy atom. The number of rotatable bonds is 23. The SMILES string of the molecule is CC[C@@]1(O)C(=O)OCc2c1cc1n(c2=O)Cc2c-1nc1cc(F)c(C)c3c1c2[C@@H](NC(=O)C1CC(OCCNC(=O)CNC(=O)[C@H](Cc2ccccc2)NC(=O)CNC(=O)CNC(=O)CCCCCN2C(=O)C=CC2=O)C1)CC3. The Balaban J connectivity index is 0.709. The highest BCUT2D eigenvalue weighted by molar-refractivity contribution is 6.12. The fraction of sp³-hybridized carbons (Fsp3) is 0.446. The normalized spacial score (nSPS) is 19.8. The summed E-state index contributed by atoms with van der Waals surface area (Å²) in [5.74, 6) is -5.43. The third-order valence-electron chi connectivity index (χ3n) is 15.4. The average Bonchev–Trinajstić information content (AvgIpc) is 3.59. The van der Waals surface area contributed by atoms with Crippen molar-refractivity contribution in [1.82, 2.24) is 46.4 Å². The molecule has 2 aliphatic carbocycles. The summed E-state index contributed by atoms with van der Waals surface area (Å²) in [4.78, 5) is 134. The number of unbranched alkanes of at least 4 members (excludes halogenated alkanes) is 2. The number of aromatic nitrogens is 2. The summed E-state index contributed by atoms with van der Waals surface area (Å²) in [7, 11) is 0. The maximum Gasteiger partial charge on any atom is 0.343 e. The van der Waals surface area contributed by atoms with Gasteiger partial charge in [-0.15, -0.1) is 0 Å². The lowest BCUT2D eigenvalue weighted by atomic mass is 9.79. The molecule has 23 heteroatoms. The number of carbonyl (C=O) groups is 9. The van der Waals surface area contributed by atoms with Crippen LogP contribution in [-0.4, -0.2) is 124 Å². The first-order valence-corrected chi connectivity index (χ1v) is 26.6. The smallest absolute Gasteiger partial charge is 0.343 e. The number of pyridine rings is 2. The van der Waals surface area contributed by atoms with E-state index in [1.807, 2.05) is 0 Å². The molecule has 0 saturated heterocycles. The Hall–Kier alpha value is -8.18. The number of hydrogen-bond donors (Lipinski definition) is 7. The second-order valence-electron chi connectivity index (χ2n) is 20.5. The molecule has 3 atom stereocenters. The van der Waals surface area contributed by atoms with Gasteiger partial charge in [-0.25, -0.2) is 14.2 Å². The predicted molar refractivity (Wildman–Crippen MR) is 279 cm³/mol. The van der Waals surface area contributed by atoms with Crippen molar-refractivity contribution in [3.63, 3.8) is 0 Å². The number of amides is 8. The van der Waals surface area contributed by atoms with Crippen LogP contribution in [0.1, 0.15) is 103 Å². The monoisotopic (exact) mass is 1090 g/mol. The van der Waals surface area contributed by atoms with Crippen LogP contribution in [0.2, 0.25) is 0 Å². The van der Waals surface area contributed by atoms with Gasteiger partial charge in [0, 0.05) is 66.6 Å². The summed E-state index contributed by atoms with van der Waals surface area (Å²) in [6.45, 7) is 2.36. The number of carbonyl (C=O) groups excluding carboxylic acids is 9. The zero-order chi connectivity index (χ0) is 56.1. The fourth-order valence-electron chi connectivity index (χ4n) is 10.9. The minimum absolute atomic E-state index is 0.0255. The molecule has 0 unspecified atom stereocenters. The molecule has 3 aliphatic heterocycles. The van der Waals surface area contributed by atoms with Crippen LogP contribution >= 0.6 is 0 Å². The lowest BCUT2D eigenvalue weighted by Gasteiger charge is -2.36. The number of aliphatic hydroxyl groups is 1. The Kier molecular flexibility index (Phi) is 16.8. The van der Waals surface area contributed by atoms with Gasteiger partial charge in [0.1, 0.15) is 18.5 Å². The van der Waals surface area contributed by atoms with Gasteiger partial charge >= 0.3 is 5.97 Å². The molecule has 5 heterocycles. The highest BCUT2D eigenvalue weighted by Crippen LogP contribution is 2.46. The van der Waals surface area contributed by atoms with Crippen molar-refractivity contribution < 1.29 is 62.1 Å². The fourth-order valence-corrected chi connectivity index (χ4v) is 10.9. The quantitative estimate of drug-likeness (QED) is 0.0274. The lowest BCUT2D eigenvalue weighted by molar-refractivity contribution is -0.172. The van der Waals surface area contributed by atoms with Gasteiger partial charge in [0.25, 0.3) is 17.4 Å². The van der Waals surface area contributed by atoms with Crippen molar-refractivity contribution in [3.8, 4) is 11.4 Å². The van der Waals surface area contributed by atoms with Crippen molar-refractivity contribution in [2.24, 2.45) is 5.92 Å². The number of cyclic esters (lactones) is 1. The van der Waals surface area contributed by atoms with E-state index in [1.165, 1.54) is 22.8 Å². The van der Waals surface area contributed by atoms with Crippen molar-refractivity contribution in [2.45, 2.75) is 115 Å². The number of hydrogen-bond acceptors (Lipinski definition) is 14. The molecule has 1 saturated carbocycles. The number of halogens is 1. The summed E-state index contributed by atoms with van der Waals surface area (Å²) >= 11 is 0. The predicted octanol–water partition coefficient (Wildman–Crippen LogP) is 1.10. The van der Waals surface area contributed by atoms with E-state index in [2.05, 4.69) is 31.9 Å². The molecule has 1 fully saturated rings. The summed E-state index contributed by atoms with van der Waals surface area (Å²) in [6.07, 6.45) is 5.71. The minimum atomic E-state index is -2.02. The standard InChI is InChI=1S/C56H62FN9O13/c1-3-56(77)37-23-42-51-35(28-66(42)54(75)36(37)29-79-55(56)76)50-39(14-13-34-30(2)38(57)24-40(63-51)49(34)50)64-52(73)32-21-33(22-32)78-19-17-58-44(68)26-61-53(74)41(20-31-10-6-4-7-11-31)62-46(70)27-60-45(69)25-59-43(67)12-8-5-9-18-65-47(71)15-16-48(65)72/h4,6-7,10-11,15-16,23-24,32-33,39,41,77H,3,5,8-9,12-14,17-22,25-29H2,1-2H3,(H,58,68)(H,59,67)(H,60,69)(H,61,74)(H,62,70)(H,64,73)/t32?,33?,39-,41-,56-/m0/s1. The first-order valence-electron chi connectivity index (χ1n) is 26.6. The summed E-state index contributed by atoms with van der Waals surface area (Å²) < 4.78 is 28.1. The summed E-state index contributed by atoms with van der Waals surface area (Å²) in [6, 6.07) is 10.2. The summed E-state index contributed by atoms with van der Waals surface area (Å²) in [5.41, 5.74) is 2.48. The maximum atomic E-state index is 15.4. The van der Waals surface area contributed by atoms with Crippen LogP contribution in [0, 0.1) is 18.7 Å². The van der Waals surface area contributed by atoms with Gasteiger partial charge in [-0.1, -0.05) is 43.7 Å². The molecular formula is C56H62FN9O13. The molecule has 0 bridgehead atoms. The van der Waals surface area contributed by atoms with Crippen LogP contribution in [0.4, 0.5) is 4.39 Å². The Morgan fingerprint density at radius 2 is 1.58 bits per heavy atom. The average molecular weight is 1090 g/mol. The molecule has 4 aromatic rings. The maximum absolute atomic E-state index is 15.4. The van der Waals surface area contributed by atoms with Crippen LogP contribution in [0.5, 0.6) is 0 Å². The molecule has 0 spiro atoms. The Labute approximate surface area is 452 Å². The van der Waals surface area contributed by atoms with Crippen LogP contribution in [-0.2, 0) is 84.2 Å². The lowest BCUT2D eigenvalue weighted by Crippen LogP contribution is -2.52. The zero-order valence-corrected chi connectivity index (χ0v) is 43.8. The number of ether oxygens (including phenoxy) is 2. The van der Waals surface area contributed by atoms with Crippen LogP contribution in [0.3, 0.4) is 0 Å². The van der Waals surface area contributed by atoms with Gasteiger partial charge in [-0.05, 0) is 80.2 Å². The molecule has 7 N–H and O–H groups in total. The third-order valence-corrected chi connectivity index (χ3v) is 15.4. The van der Waals surface area contributed by atoms with Crippen LogP contribution < -0.4 is 37.5 Å². The topological polar surface area (TPSA) is 303 Å². The first-order chi connectivity index (χ1) is 37.9. The molecule has 8 amide bonds. The Bertz CT molecular complexity index is 3230. The van der Waals surface area contributed by atoms with Gasteiger partial charge in [0.05, 0.1) is 67.4 Å². The molecule has 9 rings (SSSR count). The minimum Gasteiger partial charge on any atom is -0.458 e. The molecule has 0 radical (unpaired) electrons. The Morgan fingerprint density at radius 3 is 2.33 bits per heavy atom. The number of aryl methyl sites for hydroxylation is 1. The van der Waals surface area contributed by atoms with Crippen LogP contribution in [0.25, 0.3) is 22.3 Å². The molecule has 2 aromatic heterocycles. The number of esters is 1. The number of benzene rings is 2. The van der Waals surface area contributed by atoms with Gasteiger partial charge < -0.3 is 51.0 Å². The first kappa shape index (κ1) is 55.6. The number of fused-ring (bicyclic) bond motifs is 5. The van der Waals surface area contributed by atoms with E-state index in [0.717, 1.165) is 27.0 Å². The molecule has 79 heavy (non-hydrogen) atoms. The van der Waals surface area contributed by atoms with Gasteiger partial charge in [0.2, 0.25) is 35.4 Å². The van der Waals surface area contributed by atoms with Crippen molar-refractivity contribution in [3.05, 3.63) is 110 Å². The van der Waals surface area contributed by atoms with E-state index >= 15 is 4.39 Å². The van der Waals surface area contributed by atoms with E-state index < -0.39 is 71.7 Å². The summed E-state index contributed by atoms with van der Waals surface area (Å²) in [5, 5.41) is 28.1. The molecule has 5 aliphatic rings. The van der Waals surface area contributed by atoms with Crippen LogP contribution in [0.15, 0.2) is 59.4 Å². The third kappa shape index (κ3) is 12.0. The van der Waals surface area contributed by atoms with Crippen molar-refractivity contribution in [2.75, 3.05) is 39.3 Å². The number of imide groups is 1. The van der Waals surface area contributed by atoms with E-state index in [0.29, 0.717) is 73.0 Å². The largest absolute Gasteiger partial charge is 0.458 e. The molecule has 2 aromatic carbocycles. The van der Waals surface area contributed by atoms with E-state index in [4.69, 9.17) is 14.5 Å². The van der Waals surface area contributed by atoms with Gasteiger partial charge in [-0.3, -0.25) is 48.1 Å². The zero-order valence-electron chi connectivity index (χ0n) is 43.8. The highest BCUT2D eigenvalue weighted by Gasteiger charge is 2.46. The van der Waals surface area contributed by atoms with Gasteiger partial charge in [0.15, 0.2) is 5.60 Å². The number of nitrogens with one attached hydrogen (secondary N) is 6. The second-order valence-corrected chi connectivity index (χ2v) is 20.5. The van der Waals surface area contributed by atoms with E-state index in [-0.39, 0.29) is 105 Å². The molecular weight excluding hydrogens is 1030 g/mol. The van der Waals surface area contributed by atoms with Crippen molar-refractivity contribution >= 4 is 64.1 Å². The number of nitrogens with zero attached hydrogens (tertiary/aromatic N) is 3. The second kappa shape index (κ2) is 23.8.